The summed E-state index contributed by atoms with van der Waals surface area (Å²) in [6, 6.07) is 14.2. The molecule has 274 valence electrons. The normalized spacial score (nSPS) is 21.7. The Morgan fingerprint density at radius 3 is 2.42 bits per heavy atom. The van der Waals surface area contributed by atoms with E-state index in [1.54, 1.807) is 42.4 Å². The minimum atomic E-state index is -2.98. The van der Waals surface area contributed by atoms with E-state index >= 15 is 13.2 Å². The van der Waals surface area contributed by atoms with Crippen molar-refractivity contribution < 1.29 is 27.5 Å². The molecule has 7 rings (SSSR count). The number of carbonyl (C=O) groups excluding carboxylic acids is 2. The number of methoxy groups -OCH3 is 1. The first-order valence-electron chi connectivity index (χ1n) is 17.6. The molecule has 0 bridgehead atoms. The van der Waals surface area contributed by atoms with Crippen molar-refractivity contribution in [2.75, 3.05) is 38.6 Å². The van der Waals surface area contributed by atoms with Crippen molar-refractivity contribution in [3.05, 3.63) is 93.1 Å². The number of amides is 2. The van der Waals surface area contributed by atoms with Crippen molar-refractivity contribution in [1.29, 1.82) is 0 Å². The number of likely N-dealkylation sites (tertiary alicyclic amines) is 2. The molecule has 2 amide bonds. The maximum atomic E-state index is 15.9. The van der Waals surface area contributed by atoms with Gasteiger partial charge in [-0.3, -0.25) is 29.5 Å². The minimum absolute atomic E-state index is 0.106. The largest absolute Gasteiger partial charge is 0.496 e. The van der Waals surface area contributed by atoms with Crippen LogP contribution in [0.4, 0.5) is 18.9 Å². The molecule has 4 aromatic rings. The van der Waals surface area contributed by atoms with Crippen LogP contribution in [0.3, 0.4) is 0 Å². The summed E-state index contributed by atoms with van der Waals surface area (Å²) in [6.07, 6.45) is 3.70. The highest BCUT2D eigenvalue weighted by Crippen LogP contribution is 2.40. The van der Waals surface area contributed by atoms with E-state index in [9.17, 15) is 14.4 Å². The second kappa shape index (κ2) is 14.6. The molecule has 4 heterocycles. The van der Waals surface area contributed by atoms with Crippen molar-refractivity contribution in [1.82, 2.24) is 19.7 Å². The second-order valence-corrected chi connectivity index (χ2v) is 14.5. The van der Waals surface area contributed by atoms with Gasteiger partial charge in [0, 0.05) is 60.0 Å². The van der Waals surface area contributed by atoms with Gasteiger partial charge in [0.25, 0.3) is 11.5 Å². The maximum absolute atomic E-state index is 15.9. The molecule has 2 unspecified atom stereocenters. The van der Waals surface area contributed by atoms with Crippen molar-refractivity contribution in [2.45, 2.75) is 62.6 Å². The lowest BCUT2D eigenvalue weighted by molar-refractivity contribution is -0.133. The Morgan fingerprint density at radius 1 is 0.981 bits per heavy atom. The Bertz CT molecular complexity index is 2080. The summed E-state index contributed by atoms with van der Waals surface area (Å²) >= 11 is 6.84. The molecule has 2 N–H and O–H groups in total. The van der Waals surface area contributed by atoms with Crippen LogP contribution in [-0.2, 0) is 23.2 Å². The number of aryl methyl sites for hydroxylation is 1. The van der Waals surface area contributed by atoms with Gasteiger partial charge in [0.1, 0.15) is 17.6 Å². The summed E-state index contributed by atoms with van der Waals surface area (Å²) in [5, 5.41) is 7.05. The van der Waals surface area contributed by atoms with E-state index in [1.807, 2.05) is 29.2 Å². The van der Waals surface area contributed by atoms with E-state index in [2.05, 4.69) is 10.6 Å². The zero-order valence-electron chi connectivity index (χ0n) is 29.1. The molecule has 3 fully saturated rings. The maximum Gasteiger partial charge on any atom is 0.275 e. The van der Waals surface area contributed by atoms with Gasteiger partial charge in [-0.2, -0.15) is 0 Å². The Balaban J connectivity index is 0.985. The number of nitrogens with zero attached hydrogens (tertiary/aromatic N) is 3. The van der Waals surface area contributed by atoms with E-state index in [0.29, 0.717) is 71.9 Å². The summed E-state index contributed by atoms with van der Waals surface area (Å²) in [4.78, 5) is 39.8. The number of aromatic nitrogens is 1. The van der Waals surface area contributed by atoms with E-state index in [0.717, 1.165) is 16.5 Å². The number of imide groups is 1. The van der Waals surface area contributed by atoms with Crippen LogP contribution in [0.25, 0.3) is 21.9 Å². The summed E-state index contributed by atoms with van der Waals surface area (Å²) in [6.45, 7) is 1.07. The summed E-state index contributed by atoms with van der Waals surface area (Å²) < 4.78 is 54.3. The molecule has 9 nitrogen and oxygen atoms in total. The fourth-order valence-electron chi connectivity index (χ4n) is 8.06. The van der Waals surface area contributed by atoms with Gasteiger partial charge in [0.15, 0.2) is 0 Å². The smallest absolute Gasteiger partial charge is 0.275 e. The third-order valence-corrected chi connectivity index (χ3v) is 11.1. The quantitative estimate of drug-likeness (QED) is 0.205. The zero-order chi connectivity index (χ0) is 36.7. The van der Waals surface area contributed by atoms with Crippen molar-refractivity contribution >= 4 is 39.9 Å². The highest BCUT2D eigenvalue weighted by Gasteiger charge is 2.48. The number of pyridine rings is 1. The molecular formula is C39H41ClF3N5O4. The molecule has 3 aliphatic heterocycles. The van der Waals surface area contributed by atoms with Crippen molar-refractivity contribution in [3.8, 4) is 16.9 Å². The van der Waals surface area contributed by atoms with Gasteiger partial charge in [-0.05, 0) is 91.5 Å². The van der Waals surface area contributed by atoms with Gasteiger partial charge >= 0.3 is 0 Å². The van der Waals surface area contributed by atoms with Gasteiger partial charge < -0.3 is 14.6 Å². The van der Waals surface area contributed by atoms with Gasteiger partial charge in [-0.25, -0.2) is 13.2 Å². The molecule has 0 aliphatic carbocycles. The second-order valence-electron chi connectivity index (χ2n) is 14.1. The van der Waals surface area contributed by atoms with Gasteiger partial charge in [0.2, 0.25) is 11.8 Å². The lowest BCUT2D eigenvalue weighted by Gasteiger charge is -2.46. The van der Waals surface area contributed by atoms with E-state index in [-0.39, 0.29) is 36.8 Å². The molecule has 2 atom stereocenters. The molecule has 1 aromatic heterocycles. The van der Waals surface area contributed by atoms with Crippen LogP contribution in [0.15, 0.2) is 65.6 Å². The van der Waals surface area contributed by atoms with E-state index < -0.39 is 36.3 Å². The number of carbonyl (C=O) groups is 2. The number of hydrogen-bond donors (Lipinski definition) is 2. The fraction of sp³-hybridized carbons (Fsp3) is 0.410. The van der Waals surface area contributed by atoms with E-state index in [1.165, 1.54) is 17.7 Å². The van der Waals surface area contributed by atoms with Gasteiger partial charge in [0.05, 0.1) is 19.7 Å². The molecule has 0 spiro atoms. The van der Waals surface area contributed by atoms with Crippen molar-refractivity contribution in [3.63, 3.8) is 0 Å². The van der Waals surface area contributed by atoms with Crippen LogP contribution >= 0.6 is 11.6 Å². The van der Waals surface area contributed by atoms with E-state index in [4.69, 9.17) is 16.3 Å². The predicted molar refractivity (Wildman–Crippen MR) is 195 cm³/mol. The monoisotopic (exact) mass is 735 g/mol. The number of hydrogen-bond acceptors (Lipinski definition) is 7. The third-order valence-electron chi connectivity index (χ3n) is 10.8. The summed E-state index contributed by atoms with van der Waals surface area (Å²) in [5.41, 5.74) is 3.07. The first-order chi connectivity index (χ1) is 24.9. The fourth-order valence-corrected chi connectivity index (χ4v) is 8.33. The third kappa shape index (κ3) is 7.16. The number of piperidine rings is 3. The molecule has 0 saturated carbocycles. The molecule has 3 aliphatic rings. The first kappa shape index (κ1) is 36.0. The molecule has 0 radical (unpaired) electrons. The van der Waals surface area contributed by atoms with Crippen LogP contribution in [0.1, 0.15) is 49.1 Å². The minimum Gasteiger partial charge on any atom is -0.496 e. The zero-order valence-corrected chi connectivity index (χ0v) is 29.8. The van der Waals surface area contributed by atoms with Crippen molar-refractivity contribution in [2.24, 2.45) is 7.05 Å². The average molecular weight is 736 g/mol. The lowest BCUT2D eigenvalue weighted by atomic mass is 9.87. The standard InChI is InChI=1S/C39H41ClF3N5O4/c1-46-20-29(27-5-3-4-6-28(27)38(46)51)24-17-31(40)30(34(18-24)52-2)21-47-14-13-35(39(42,43)22-47)48-15-11-23(12-16-48)26-8-7-25(19-32(26)41)44-33-9-10-36(49)45-37(33)50/h3-8,17-20,23,33,35,44H,9-16,21-22H2,1-2H3,(H,45,49,50). The number of nitrogens with one attached hydrogen (secondary N) is 2. The Morgan fingerprint density at radius 2 is 1.73 bits per heavy atom. The number of benzene rings is 3. The lowest BCUT2D eigenvalue weighted by Crippen LogP contribution is -2.59. The number of rotatable bonds is 8. The number of anilines is 1. The predicted octanol–water partition coefficient (Wildman–Crippen LogP) is 6.31. The van der Waals surface area contributed by atoms with Crippen LogP contribution < -0.4 is 20.9 Å². The number of ether oxygens (including phenoxy) is 1. The Hall–Kier alpha value is -4.39. The Kier molecular flexibility index (Phi) is 10.1. The summed E-state index contributed by atoms with van der Waals surface area (Å²) in [5.74, 6) is -3.75. The number of alkyl halides is 2. The van der Waals surface area contributed by atoms with Crippen LogP contribution in [0.5, 0.6) is 5.75 Å². The topological polar surface area (TPSA) is 95.9 Å². The Labute approximate surface area is 304 Å². The molecule has 13 heteroatoms. The highest BCUT2D eigenvalue weighted by atomic mass is 35.5. The molecule has 52 heavy (non-hydrogen) atoms. The molecule has 3 saturated heterocycles. The molecule has 3 aromatic carbocycles. The molecular weight excluding hydrogens is 695 g/mol. The number of fused-ring (bicyclic) bond motifs is 1. The van der Waals surface area contributed by atoms with Gasteiger partial charge in [-0.1, -0.05) is 35.9 Å². The van der Waals surface area contributed by atoms with Gasteiger partial charge in [-0.15, -0.1) is 0 Å². The number of halogens is 4. The van der Waals surface area contributed by atoms with Crippen LogP contribution in [-0.4, -0.2) is 77.5 Å². The van der Waals surface area contributed by atoms with Crippen LogP contribution in [0, 0.1) is 5.82 Å². The first-order valence-corrected chi connectivity index (χ1v) is 18.0. The average Bonchev–Trinajstić information content (AvgIpc) is 3.12. The summed E-state index contributed by atoms with van der Waals surface area (Å²) in [7, 11) is 3.23. The highest BCUT2D eigenvalue weighted by molar-refractivity contribution is 6.32. The SMILES string of the molecule is COc1cc(-c2cn(C)c(=O)c3ccccc23)cc(Cl)c1CN1CCC(N2CCC(c3ccc(NC4CCC(=O)NC4=O)cc3F)CC2)C(F)(F)C1. The van der Waals surface area contributed by atoms with Crippen LogP contribution in [0.2, 0.25) is 5.02 Å².